The molecule has 0 aliphatic carbocycles. The number of esters is 1. The summed E-state index contributed by atoms with van der Waals surface area (Å²) in [7, 11) is 1.61. The smallest absolute Gasteiger partial charge is 0.412 e. The van der Waals surface area contributed by atoms with Crippen molar-refractivity contribution in [2.75, 3.05) is 46.7 Å². The summed E-state index contributed by atoms with van der Waals surface area (Å²) in [5.41, 5.74) is 0. The average Bonchev–Trinajstić information content (AvgIpc) is 2.73. The standard InChI is InChI=1S/C21H25NO7/c1-3-20(23)28-15-13-26-11-10-22-21(24)29-19-9-5-6-16-17(19)7-4-8-18(16)27-14-12-25-2/h3-9H,1,10-15H2,2H3,(H,22,24). The van der Waals surface area contributed by atoms with E-state index in [9.17, 15) is 9.59 Å². The number of fused-ring (bicyclic) bond motifs is 1. The normalized spacial score (nSPS) is 10.4. The Bertz CT molecular complexity index is 822. The summed E-state index contributed by atoms with van der Waals surface area (Å²) in [5, 5.41) is 4.21. The van der Waals surface area contributed by atoms with Gasteiger partial charge in [0, 0.05) is 30.5 Å². The van der Waals surface area contributed by atoms with E-state index in [1.165, 1.54) is 0 Å². The molecule has 0 aliphatic heterocycles. The molecule has 0 spiro atoms. The molecule has 0 radical (unpaired) electrons. The first-order valence-electron chi connectivity index (χ1n) is 9.11. The van der Waals surface area contributed by atoms with Crippen molar-refractivity contribution in [3.05, 3.63) is 49.1 Å². The molecular weight excluding hydrogens is 378 g/mol. The van der Waals surface area contributed by atoms with Crippen LogP contribution in [0.15, 0.2) is 49.1 Å². The fraction of sp³-hybridized carbons (Fsp3) is 0.333. The van der Waals surface area contributed by atoms with E-state index in [2.05, 4.69) is 11.9 Å². The van der Waals surface area contributed by atoms with Gasteiger partial charge in [0.15, 0.2) is 0 Å². The number of methoxy groups -OCH3 is 1. The second-order valence-corrected chi connectivity index (χ2v) is 5.75. The van der Waals surface area contributed by atoms with Gasteiger partial charge in [-0.05, 0) is 12.1 Å². The summed E-state index contributed by atoms with van der Waals surface area (Å²) >= 11 is 0. The highest BCUT2D eigenvalue weighted by atomic mass is 16.6. The Morgan fingerprint density at radius 1 is 0.966 bits per heavy atom. The number of rotatable bonds is 12. The van der Waals surface area contributed by atoms with E-state index in [1.807, 2.05) is 24.3 Å². The Hall–Kier alpha value is -3.10. The molecule has 0 aromatic heterocycles. The van der Waals surface area contributed by atoms with Gasteiger partial charge < -0.3 is 29.0 Å². The van der Waals surface area contributed by atoms with Gasteiger partial charge in [0.25, 0.3) is 0 Å². The van der Waals surface area contributed by atoms with Gasteiger partial charge in [0.1, 0.15) is 24.7 Å². The Morgan fingerprint density at radius 2 is 1.69 bits per heavy atom. The second kappa shape index (κ2) is 12.4. The zero-order chi connectivity index (χ0) is 20.9. The van der Waals surface area contributed by atoms with Gasteiger partial charge in [0.05, 0.1) is 19.8 Å². The van der Waals surface area contributed by atoms with Crippen molar-refractivity contribution in [1.29, 1.82) is 0 Å². The van der Waals surface area contributed by atoms with Crippen LogP contribution in [-0.2, 0) is 19.0 Å². The van der Waals surface area contributed by atoms with Crippen molar-refractivity contribution in [2.24, 2.45) is 0 Å². The highest BCUT2D eigenvalue weighted by Crippen LogP contribution is 2.32. The highest BCUT2D eigenvalue weighted by molar-refractivity contribution is 5.94. The van der Waals surface area contributed by atoms with E-state index in [0.717, 1.165) is 16.8 Å². The average molecular weight is 403 g/mol. The maximum absolute atomic E-state index is 12.1. The van der Waals surface area contributed by atoms with Gasteiger partial charge in [-0.1, -0.05) is 30.8 Å². The van der Waals surface area contributed by atoms with Crippen LogP contribution in [0, 0.1) is 0 Å². The van der Waals surface area contributed by atoms with Crippen molar-refractivity contribution < 1.29 is 33.3 Å². The molecule has 29 heavy (non-hydrogen) atoms. The summed E-state index contributed by atoms with van der Waals surface area (Å²) in [4.78, 5) is 22.9. The minimum absolute atomic E-state index is 0.125. The molecule has 0 fully saturated rings. The number of nitrogens with one attached hydrogen (secondary N) is 1. The molecule has 0 bridgehead atoms. The third-order valence-corrected chi connectivity index (χ3v) is 3.74. The van der Waals surface area contributed by atoms with Crippen LogP contribution in [0.4, 0.5) is 4.79 Å². The summed E-state index contributed by atoms with van der Waals surface area (Å²) in [5.74, 6) is 0.614. The molecular formula is C21H25NO7. The SMILES string of the molecule is C=CC(=O)OCCOCCNC(=O)Oc1cccc2c(OCCOC)cccc12. The minimum Gasteiger partial charge on any atom is -0.491 e. The molecule has 2 aromatic carbocycles. The Balaban J connectivity index is 1.81. The number of benzene rings is 2. The van der Waals surface area contributed by atoms with Crippen LogP contribution in [0.2, 0.25) is 0 Å². The van der Waals surface area contributed by atoms with Crippen LogP contribution in [0.3, 0.4) is 0 Å². The first kappa shape index (κ1) is 22.2. The van der Waals surface area contributed by atoms with Gasteiger partial charge in [0.2, 0.25) is 0 Å². The maximum atomic E-state index is 12.1. The lowest BCUT2D eigenvalue weighted by Crippen LogP contribution is -2.30. The van der Waals surface area contributed by atoms with Crippen LogP contribution >= 0.6 is 0 Å². The van der Waals surface area contributed by atoms with E-state index in [0.29, 0.717) is 24.7 Å². The van der Waals surface area contributed by atoms with Gasteiger partial charge in [-0.15, -0.1) is 0 Å². The molecule has 1 amide bonds. The monoisotopic (exact) mass is 403 g/mol. The fourth-order valence-electron chi connectivity index (χ4n) is 2.43. The number of carbonyl (C=O) groups excluding carboxylic acids is 2. The number of hydrogen-bond donors (Lipinski definition) is 1. The summed E-state index contributed by atoms with van der Waals surface area (Å²) in [6, 6.07) is 10.9. The molecule has 156 valence electrons. The molecule has 1 N–H and O–H groups in total. The van der Waals surface area contributed by atoms with Crippen LogP contribution in [0.25, 0.3) is 10.8 Å². The van der Waals surface area contributed by atoms with Gasteiger partial charge in [-0.25, -0.2) is 9.59 Å². The zero-order valence-corrected chi connectivity index (χ0v) is 16.3. The van der Waals surface area contributed by atoms with E-state index in [1.54, 1.807) is 19.2 Å². The molecule has 0 saturated heterocycles. The van der Waals surface area contributed by atoms with Crippen molar-refractivity contribution >= 4 is 22.8 Å². The Morgan fingerprint density at radius 3 is 2.41 bits per heavy atom. The first-order chi connectivity index (χ1) is 14.2. The lowest BCUT2D eigenvalue weighted by Gasteiger charge is -2.12. The number of hydrogen-bond acceptors (Lipinski definition) is 7. The van der Waals surface area contributed by atoms with Crippen molar-refractivity contribution in [3.8, 4) is 11.5 Å². The maximum Gasteiger partial charge on any atom is 0.412 e. The third kappa shape index (κ3) is 7.44. The van der Waals surface area contributed by atoms with Gasteiger partial charge >= 0.3 is 12.1 Å². The van der Waals surface area contributed by atoms with E-state index >= 15 is 0 Å². The molecule has 8 nitrogen and oxygen atoms in total. The Labute approximate surface area is 169 Å². The predicted molar refractivity (Wildman–Crippen MR) is 107 cm³/mol. The number of ether oxygens (including phenoxy) is 5. The van der Waals surface area contributed by atoms with Gasteiger partial charge in [-0.2, -0.15) is 0 Å². The van der Waals surface area contributed by atoms with E-state index < -0.39 is 12.1 Å². The van der Waals surface area contributed by atoms with E-state index in [-0.39, 0.29) is 26.4 Å². The van der Waals surface area contributed by atoms with Crippen LogP contribution in [0.1, 0.15) is 0 Å². The largest absolute Gasteiger partial charge is 0.491 e. The quantitative estimate of drug-likeness (QED) is 0.331. The van der Waals surface area contributed by atoms with E-state index in [4.69, 9.17) is 23.7 Å². The highest BCUT2D eigenvalue weighted by Gasteiger charge is 2.10. The second-order valence-electron chi connectivity index (χ2n) is 5.75. The summed E-state index contributed by atoms with van der Waals surface area (Å²) < 4.78 is 26.2. The fourth-order valence-corrected chi connectivity index (χ4v) is 2.43. The summed E-state index contributed by atoms with van der Waals surface area (Å²) in [6.07, 6.45) is 0.490. The molecule has 2 rings (SSSR count). The van der Waals surface area contributed by atoms with Crippen molar-refractivity contribution in [1.82, 2.24) is 5.32 Å². The molecule has 0 saturated carbocycles. The molecule has 2 aromatic rings. The Kier molecular flexibility index (Phi) is 9.47. The topological polar surface area (TPSA) is 92.3 Å². The van der Waals surface area contributed by atoms with Crippen LogP contribution in [0.5, 0.6) is 11.5 Å². The lowest BCUT2D eigenvalue weighted by atomic mass is 10.1. The van der Waals surface area contributed by atoms with Crippen molar-refractivity contribution in [2.45, 2.75) is 0 Å². The predicted octanol–water partition coefficient (Wildman–Crippen LogP) is 2.70. The number of amides is 1. The molecule has 0 unspecified atom stereocenters. The molecule has 0 aliphatic rings. The van der Waals surface area contributed by atoms with Crippen LogP contribution < -0.4 is 14.8 Å². The minimum atomic E-state index is -0.593. The molecule has 0 heterocycles. The molecule has 8 heteroatoms. The summed E-state index contributed by atoms with van der Waals surface area (Å²) in [6.45, 7) is 5.06. The van der Waals surface area contributed by atoms with Crippen LogP contribution in [-0.4, -0.2) is 58.8 Å². The zero-order valence-electron chi connectivity index (χ0n) is 16.3. The first-order valence-corrected chi connectivity index (χ1v) is 9.11. The number of carbonyl (C=O) groups is 2. The van der Waals surface area contributed by atoms with Crippen molar-refractivity contribution in [3.63, 3.8) is 0 Å². The van der Waals surface area contributed by atoms with Gasteiger partial charge in [-0.3, -0.25) is 0 Å². The molecule has 0 atom stereocenters. The third-order valence-electron chi connectivity index (χ3n) is 3.74. The lowest BCUT2D eigenvalue weighted by molar-refractivity contribution is -0.139.